The third-order valence-electron chi connectivity index (χ3n) is 2.90. The summed E-state index contributed by atoms with van der Waals surface area (Å²) in [7, 11) is 0. The Morgan fingerprint density at radius 1 is 1.24 bits per heavy atom. The molecule has 0 saturated heterocycles. The van der Waals surface area contributed by atoms with Crippen LogP contribution in [-0.2, 0) is 0 Å². The highest BCUT2D eigenvalue weighted by atomic mass is 35.5. The number of hydrogen-bond donors (Lipinski definition) is 2. The lowest BCUT2D eigenvalue weighted by molar-refractivity contribution is 0.203. The number of hydrogen-bond acceptors (Lipinski definition) is 4. The average Bonchev–Trinajstić information content (AvgIpc) is 2.48. The minimum absolute atomic E-state index is 0.0755. The van der Waals surface area contributed by atoms with E-state index >= 15 is 0 Å². The number of rotatable bonds is 6. The molecule has 0 spiro atoms. The molecule has 0 saturated carbocycles. The molecule has 1 unspecified atom stereocenters. The van der Waals surface area contributed by atoms with Gasteiger partial charge in [0.15, 0.2) is 11.5 Å². The smallest absolute Gasteiger partial charge is 0.161 e. The highest BCUT2D eigenvalue weighted by molar-refractivity contribution is 7.99. The Kier molecular flexibility index (Phi) is 5.79. The van der Waals surface area contributed by atoms with E-state index in [1.807, 2.05) is 31.2 Å². The Morgan fingerprint density at radius 2 is 2.00 bits per heavy atom. The normalized spacial score (nSPS) is 12.1. The molecule has 3 nitrogen and oxygen atoms in total. The molecule has 21 heavy (non-hydrogen) atoms. The standard InChI is InChI=1S/C16H17ClO3S/c1-2-20-15-9-11(7-8-13(15)18)14(19)10-21-16-6-4-3-5-12(16)17/h3-9,14,18-19H,2,10H2,1H3. The van der Waals surface area contributed by atoms with Crippen LogP contribution in [0.3, 0.4) is 0 Å². The molecule has 2 rings (SSSR count). The zero-order valence-corrected chi connectivity index (χ0v) is 13.2. The van der Waals surface area contributed by atoms with E-state index in [1.165, 1.54) is 17.8 Å². The third kappa shape index (κ3) is 4.30. The Morgan fingerprint density at radius 3 is 2.71 bits per heavy atom. The van der Waals surface area contributed by atoms with Gasteiger partial charge in [0.05, 0.1) is 17.7 Å². The number of phenolic OH excluding ortho intramolecular Hbond substituents is 1. The van der Waals surface area contributed by atoms with Crippen molar-refractivity contribution in [2.45, 2.75) is 17.9 Å². The molecule has 1 atom stereocenters. The fourth-order valence-corrected chi connectivity index (χ4v) is 3.05. The first-order chi connectivity index (χ1) is 10.1. The number of ether oxygens (including phenoxy) is 1. The van der Waals surface area contributed by atoms with Crippen LogP contribution in [-0.4, -0.2) is 22.6 Å². The van der Waals surface area contributed by atoms with Crippen molar-refractivity contribution in [1.29, 1.82) is 0 Å². The lowest BCUT2D eigenvalue weighted by atomic mass is 10.1. The van der Waals surface area contributed by atoms with E-state index in [2.05, 4.69) is 0 Å². The van der Waals surface area contributed by atoms with Gasteiger partial charge in [-0.05, 0) is 36.8 Å². The number of benzene rings is 2. The van der Waals surface area contributed by atoms with Crippen molar-refractivity contribution in [3.8, 4) is 11.5 Å². The number of halogens is 1. The van der Waals surface area contributed by atoms with Crippen LogP contribution < -0.4 is 4.74 Å². The summed E-state index contributed by atoms with van der Waals surface area (Å²) < 4.78 is 5.32. The van der Waals surface area contributed by atoms with Gasteiger partial charge < -0.3 is 14.9 Å². The summed E-state index contributed by atoms with van der Waals surface area (Å²) in [6, 6.07) is 12.4. The number of aromatic hydroxyl groups is 1. The summed E-state index contributed by atoms with van der Waals surface area (Å²) in [5, 5.41) is 20.6. The molecule has 0 fully saturated rings. The SMILES string of the molecule is CCOc1cc(C(O)CSc2ccccc2Cl)ccc1O. The van der Waals surface area contributed by atoms with Crippen LogP contribution in [0.25, 0.3) is 0 Å². The number of thioether (sulfide) groups is 1. The maximum Gasteiger partial charge on any atom is 0.161 e. The number of aliphatic hydroxyl groups is 1. The quantitative estimate of drug-likeness (QED) is 0.779. The first-order valence-electron chi connectivity index (χ1n) is 6.63. The maximum atomic E-state index is 10.3. The number of phenols is 1. The van der Waals surface area contributed by atoms with E-state index in [0.717, 1.165) is 4.90 Å². The first-order valence-corrected chi connectivity index (χ1v) is 7.99. The predicted octanol–water partition coefficient (Wildman–Crippen LogP) is 4.27. The molecule has 2 aromatic rings. The van der Waals surface area contributed by atoms with E-state index in [0.29, 0.717) is 28.7 Å². The summed E-state index contributed by atoms with van der Waals surface area (Å²) in [6.45, 7) is 2.30. The summed E-state index contributed by atoms with van der Waals surface area (Å²) in [4.78, 5) is 0.932. The molecule has 0 aliphatic carbocycles. The van der Waals surface area contributed by atoms with E-state index in [1.54, 1.807) is 12.1 Å². The molecule has 112 valence electrons. The topological polar surface area (TPSA) is 49.7 Å². The second-order valence-corrected chi connectivity index (χ2v) is 5.89. The van der Waals surface area contributed by atoms with Crippen LogP contribution in [0.5, 0.6) is 11.5 Å². The molecule has 0 aliphatic heterocycles. The second kappa shape index (κ2) is 7.59. The molecule has 2 N–H and O–H groups in total. The van der Waals surface area contributed by atoms with Crippen molar-refractivity contribution < 1.29 is 14.9 Å². The molecule has 0 heterocycles. The van der Waals surface area contributed by atoms with Crippen LogP contribution in [0.1, 0.15) is 18.6 Å². The fourth-order valence-electron chi connectivity index (χ4n) is 1.84. The van der Waals surface area contributed by atoms with Gasteiger partial charge in [0.2, 0.25) is 0 Å². The van der Waals surface area contributed by atoms with Crippen LogP contribution in [0.4, 0.5) is 0 Å². The van der Waals surface area contributed by atoms with Crippen LogP contribution in [0.2, 0.25) is 5.02 Å². The second-order valence-electron chi connectivity index (χ2n) is 4.42. The molecule has 0 bridgehead atoms. The molecular formula is C16H17ClO3S. The molecular weight excluding hydrogens is 308 g/mol. The van der Waals surface area contributed by atoms with Crippen LogP contribution in [0, 0.1) is 0 Å². The highest BCUT2D eigenvalue weighted by Crippen LogP contribution is 2.33. The Bertz CT molecular complexity index is 604. The summed E-state index contributed by atoms with van der Waals surface area (Å²) in [5.74, 6) is 0.934. The van der Waals surface area contributed by atoms with Gasteiger partial charge in [-0.1, -0.05) is 29.8 Å². The zero-order valence-electron chi connectivity index (χ0n) is 11.6. The summed E-state index contributed by atoms with van der Waals surface area (Å²) in [5.41, 5.74) is 0.704. The van der Waals surface area contributed by atoms with E-state index in [-0.39, 0.29) is 5.75 Å². The lowest BCUT2D eigenvalue weighted by Crippen LogP contribution is -2.02. The largest absolute Gasteiger partial charge is 0.504 e. The average molecular weight is 325 g/mol. The Labute approximate surface area is 133 Å². The van der Waals surface area contributed by atoms with Gasteiger partial charge in [0.25, 0.3) is 0 Å². The fraction of sp³-hybridized carbons (Fsp3) is 0.250. The van der Waals surface area contributed by atoms with Gasteiger partial charge in [0, 0.05) is 10.6 Å². The van der Waals surface area contributed by atoms with Gasteiger partial charge in [0.1, 0.15) is 0 Å². The minimum atomic E-state index is -0.661. The van der Waals surface area contributed by atoms with Crippen LogP contribution >= 0.6 is 23.4 Å². The maximum absolute atomic E-state index is 10.3. The van der Waals surface area contributed by atoms with Crippen molar-refractivity contribution in [3.05, 3.63) is 53.1 Å². The van der Waals surface area contributed by atoms with Gasteiger partial charge in [-0.3, -0.25) is 0 Å². The molecule has 0 amide bonds. The van der Waals surface area contributed by atoms with Gasteiger partial charge in [-0.25, -0.2) is 0 Å². The highest BCUT2D eigenvalue weighted by Gasteiger charge is 2.12. The monoisotopic (exact) mass is 324 g/mol. The van der Waals surface area contributed by atoms with Crippen molar-refractivity contribution in [2.75, 3.05) is 12.4 Å². The van der Waals surface area contributed by atoms with E-state index in [4.69, 9.17) is 16.3 Å². The molecule has 0 aromatic heterocycles. The number of aliphatic hydroxyl groups excluding tert-OH is 1. The summed E-state index contributed by atoms with van der Waals surface area (Å²) in [6.07, 6.45) is -0.661. The zero-order chi connectivity index (χ0) is 15.2. The minimum Gasteiger partial charge on any atom is -0.504 e. The van der Waals surface area contributed by atoms with Crippen molar-refractivity contribution in [1.82, 2.24) is 0 Å². The molecule has 5 heteroatoms. The van der Waals surface area contributed by atoms with Gasteiger partial charge in [-0.2, -0.15) is 0 Å². The third-order valence-corrected chi connectivity index (χ3v) is 4.49. The lowest BCUT2D eigenvalue weighted by Gasteiger charge is -2.13. The van der Waals surface area contributed by atoms with Gasteiger partial charge in [-0.15, -0.1) is 11.8 Å². The van der Waals surface area contributed by atoms with Crippen molar-refractivity contribution in [3.63, 3.8) is 0 Å². The predicted molar refractivity (Wildman–Crippen MR) is 86.4 cm³/mol. The van der Waals surface area contributed by atoms with E-state index < -0.39 is 6.10 Å². The van der Waals surface area contributed by atoms with Crippen LogP contribution in [0.15, 0.2) is 47.4 Å². The first kappa shape index (κ1) is 16.0. The molecule has 2 aromatic carbocycles. The molecule has 0 radical (unpaired) electrons. The Balaban J connectivity index is 2.05. The van der Waals surface area contributed by atoms with Crippen molar-refractivity contribution >= 4 is 23.4 Å². The van der Waals surface area contributed by atoms with Gasteiger partial charge >= 0.3 is 0 Å². The Hall–Kier alpha value is -1.36. The molecule has 0 aliphatic rings. The summed E-state index contributed by atoms with van der Waals surface area (Å²) >= 11 is 7.57. The van der Waals surface area contributed by atoms with E-state index in [9.17, 15) is 10.2 Å². The van der Waals surface area contributed by atoms with Crippen molar-refractivity contribution in [2.24, 2.45) is 0 Å².